The van der Waals surface area contributed by atoms with Crippen molar-refractivity contribution in [1.29, 1.82) is 0 Å². The molecule has 108 valence electrons. The summed E-state index contributed by atoms with van der Waals surface area (Å²) in [6.07, 6.45) is 4.78. The monoisotopic (exact) mass is 294 g/mol. The summed E-state index contributed by atoms with van der Waals surface area (Å²) in [7, 11) is 0. The molecule has 2 N–H and O–H groups in total. The lowest BCUT2D eigenvalue weighted by Gasteiger charge is -2.32. The predicted octanol–water partition coefficient (Wildman–Crippen LogP) is 3.00. The molecule has 2 aliphatic rings. The maximum atomic E-state index is 12.4. The third-order valence-corrected chi connectivity index (χ3v) is 5.06. The molecule has 5 nitrogen and oxygen atoms in total. The largest absolute Gasteiger partial charge is 0.480 e. The van der Waals surface area contributed by atoms with Crippen LogP contribution in [0.3, 0.4) is 0 Å². The molecule has 0 radical (unpaired) electrons. The number of nitrogens with one attached hydrogen (secondary N) is 1. The number of anilines is 1. The number of thiophene rings is 1. The maximum Gasteiger partial charge on any atom is 0.326 e. The molecule has 1 saturated heterocycles. The molecule has 2 heterocycles. The SMILES string of the molecule is O=C(O)C1CC2CCCCC2N1C(=O)Nc1ccsc1. The van der Waals surface area contributed by atoms with Crippen LogP contribution in [0.25, 0.3) is 0 Å². The number of likely N-dealkylation sites (tertiary alicyclic amines) is 1. The first-order valence-corrected chi connectivity index (χ1v) is 7.95. The number of fused-ring (bicyclic) bond motifs is 1. The lowest BCUT2D eigenvalue weighted by atomic mass is 9.85. The van der Waals surface area contributed by atoms with E-state index < -0.39 is 12.0 Å². The minimum atomic E-state index is -0.889. The second kappa shape index (κ2) is 5.44. The van der Waals surface area contributed by atoms with Crippen molar-refractivity contribution in [1.82, 2.24) is 4.90 Å². The molecule has 0 spiro atoms. The second-order valence-electron chi connectivity index (χ2n) is 5.55. The quantitative estimate of drug-likeness (QED) is 0.881. The van der Waals surface area contributed by atoms with Gasteiger partial charge in [-0.1, -0.05) is 12.8 Å². The van der Waals surface area contributed by atoms with Crippen molar-refractivity contribution < 1.29 is 14.7 Å². The molecule has 20 heavy (non-hydrogen) atoms. The summed E-state index contributed by atoms with van der Waals surface area (Å²) in [5.41, 5.74) is 0.739. The van der Waals surface area contributed by atoms with Crippen LogP contribution < -0.4 is 5.32 Å². The summed E-state index contributed by atoms with van der Waals surface area (Å²) in [4.78, 5) is 25.5. The van der Waals surface area contributed by atoms with E-state index in [-0.39, 0.29) is 12.1 Å². The van der Waals surface area contributed by atoms with Crippen molar-refractivity contribution in [3.05, 3.63) is 16.8 Å². The van der Waals surface area contributed by atoms with E-state index in [4.69, 9.17) is 0 Å². The molecule has 0 bridgehead atoms. The standard InChI is InChI=1S/C14H18N2O3S/c17-13(18)12-7-9-3-1-2-4-11(9)16(12)14(19)15-10-5-6-20-8-10/h5-6,8-9,11-12H,1-4,7H2,(H,15,19)(H,17,18). The van der Waals surface area contributed by atoms with Gasteiger partial charge in [-0.25, -0.2) is 9.59 Å². The van der Waals surface area contributed by atoms with E-state index in [2.05, 4.69) is 5.32 Å². The molecule has 1 aliphatic heterocycles. The highest BCUT2D eigenvalue weighted by atomic mass is 32.1. The predicted molar refractivity (Wildman–Crippen MR) is 77.0 cm³/mol. The van der Waals surface area contributed by atoms with Crippen LogP contribution in [0.15, 0.2) is 16.8 Å². The van der Waals surface area contributed by atoms with E-state index in [1.165, 1.54) is 11.3 Å². The number of urea groups is 1. The van der Waals surface area contributed by atoms with Crippen molar-refractivity contribution in [2.75, 3.05) is 5.32 Å². The van der Waals surface area contributed by atoms with Gasteiger partial charge in [-0.05, 0) is 36.6 Å². The van der Waals surface area contributed by atoms with Gasteiger partial charge in [0, 0.05) is 11.4 Å². The van der Waals surface area contributed by atoms with Crippen LogP contribution >= 0.6 is 11.3 Å². The van der Waals surface area contributed by atoms with E-state index in [1.807, 2.05) is 16.8 Å². The normalized spacial score (nSPS) is 29.0. The molecule has 3 unspecified atom stereocenters. The topological polar surface area (TPSA) is 69.6 Å². The molecule has 6 heteroatoms. The van der Waals surface area contributed by atoms with Crippen LogP contribution in [0.2, 0.25) is 0 Å². The lowest BCUT2D eigenvalue weighted by molar-refractivity contribution is -0.141. The summed E-state index contributed by atoms with van der Waals surface area (Å²) in [5.74, 6) is -0.544. The lowest BCUT2D eigenvalue weighted by Crippen LogP contribution is -2.48. The van der Waals surface area contributed by atoms with Gasteiger partial charge in [-0.2, -0.15) is 11.3 Å². The molecule has 1 saturated carbocycles. The smallest absolute Gasteiger partial charge is 0.326 e. The number of carboxylic acids is 1. The zero-order valence-electron chi connectivity index (χ0n) is 11.1. The van der Waals surface area contributed by atoms with Gasteiger partial charge in [0.1, 0.15) is 6.04 Å². The molecule has 1 aliphatic carbocycles. The van der Waals surface area contributed by atoms with Crippen molar-refractivity contribution in [3.8, 4) is 0 Å². The number of carbonyl (C=O) groups is 2. The molecular formula is C14H18N2O3S. The van der Waals surface area contributed by atoms with Crippen LogP contribution in [-0.4, -0.2) is 34.1 Å². The third-order valence-electron chi connectivity index (χ3n) is 4.38. The van der Waals surface area contributed by atoms with E-state index in [0.717, 1.165) is 31.4 Å². The number of rotatable bonds is 2. The van der Waals surface area contributed by atoms with Gasteiger partial charge in [-0.3, -0.25) is 0 Å². The Hall–Kier alpha value is -1.56. The second-order valence-corrected chi connectivity index (χ2v) is 6.33. The third kappa shape index (κ3) is 2.40. The molecule has 3 rings (SSSR count). The number of aliphatic carboxylic acids is 1. The average Bonchev–Trinajstić information content (AvgIpc) is 3.04. The Kier molecular flexibility index (Phi) is 3.65. The van der Waals surface area contributed by atoms with E-state index >= 15 is 0 Å². The molecular weight excluding hydrogens is 276 g/mol. The van der Waals surface area contributed by atoms with E-state index in [1.54, 1.807) is 4.90 Å². The Morgan fingerprint density at radius 3 is 2.85 bits per heavy atom. The Balaban J connectivity index is 1.79. The van der Waals surface area contributed by atoms with Gasteiger partial charge >= 0.3 is 12.0 Å². The van der Waals surface area contributed by atoms with Crippen LogP contribution in [-0.2, 0) is 4.79 Å². The summed E-state index contributed by atoms with van der Waals surface area (Å²) in [6.45, 7) is 0. The first-order chi connectivity index (χ1) is 9.66. The molecule has 2 amide bonds. The first kappa shape index (κ1) is 13.4. The van der Waals surface area contributed by atoms with Gasteiger partial charge < -0.3 is 15.3 Å². The van der Waals surface area contributed by atoms with E-state index in [0.29, 0.717) is 12.3 Å². The molecule has 0 aromatic carbocycles. The maximum absolute atomic E-state index is 12.4. The number of carbonyl (C=O) groups excluding carboxylic acids is 1. The highest BCUT2D eigenvalue weighted by Gasteiger charge is 2.47. The number of carboxylic acid groups (broad SMARTS) is 1. The van der Waals surface area contributed by atoms with Gasteiger partial charge in [-0.15, -0.1) is 0 Å². The molecule has 2 fully saturated rings. The summed E-state index contributed by atoms with van der Waals surface area (Å²) in [6, 6.07) is 0.961. The van der Waals surface area contributed by atoms with Crippen LogP contribution in [0.5, 0.6) is 0 Å². The summed E-state index contributed by atoms with van der Waals surface area (Å²) >= 11 is 1.50. The summed E-state index contributed by atoms with van der Waals surface area (Å²) in [5, 5.41) is 15.9. The number of amides is 2. The van der Waals surface area contributed by atoms with Gasteiger partial charge in [0.15, 0.2) is 0 Å². The van der Waals surface area contributed by atoms with Crippen molar-refractivity contribution in [2.24, 2.45) is 5.92 Å². The average molecular weight is 294 g/mol. The number of nitrogens with zero attached hydrogens (tertiary/aromatic N) is 1. The fraction of sp³-hybridized carbons (Fsp3) is 0.571. The zero-order chi connectivity index (χ0) is 14.1. The van der Waals surface area contributed by atoms with Crippen molar-refractivity contribution >= 4 is 29.0 Å². The number of hydrogen-bond acceptors (Lipinski definition) is 3. The summed E-state index contributed by atoms with van der Waals surface area (Å²) < 4.78 is 0. The minimum Gasteiger partial charge on any atom is -0.480 e. The fourth-order valence-corrected chi connectivity index (χ4v) is 4.08. The van der Waals surface area contributed by atoms with Crippen LogP contribution in [0, 0.1) is 5.92 Å². The Bertz CT molecular complexity index is 503. The first-order valence-electron chi connectivity index (χ1n) is 7.01. The zero-order valence-corrected chi connectivity index (χ0v) is 11.9. The van der Waals surface area contributed by atoms with Crippen molar-refractivity contribution in [2.45, 2.75) is 44.2 Å². The molecule has 1 aromatic rings. The van der Waals surface area contributed by atoms with Gasteiger partial charge in [0.2, 0.25) is 0 Å². The fourth-order valence-electron chi connectivity index (χ4n) is 3.50. The minimum absolute atomic E-state index is 0.0866. The highest BCUT2D eigenvalue weighted by Crippen LogP contribution is 2.40. The highest BCUT2D eigenvalue weighted by molar-refractivity contribution is 7.08. The van der Waals surface area contributed by atoms with Gasteiger partial charge in [0.05, 0.1) is 5.69 Å². The Morgan fingerprint density at radius 2 is 2.15 bits per heavy atom. The van der Waals surface area contributed by atoms with Gasteiger partial charge in [0.25, 0.3) is 0 Å². The van der Waals surface area contributed by atoms with Crippen LogP contribution in [0.4, 0.5) is 10.5 Å². The number of hydrogen-bond donors (Lipinski definition) is 2. The Labute approximate surface area is 121 Å². The van der Waals surface area contributed by atoms with E-state index in [9.17, 15) is 14.7 Å². The molecule has 1 aromatic heterocycles. The van der Waals surface area contributed by atoms with Crippen LogP contribution in [0.1, 0.15) is 32.1 Å². The molecule has 3 atom stereocenters. The van der Waals surface area contributed by atoms with Crippen molar-refractivity contribution in [3.63, 3.8) is 0 Å². The Morgan fingerprint density at radius 1 is 1.35 bits per heavy atom.